The summed E-state index contributed by atoms with van der Waals surface area (Å²) in [6, 6.07) is 7.29. The fourth-order valence-electron chi connectivity index (χ4n) is 3.58. The van der Waals surface area contributed by atoms with Crippen LogP contribution in [0.4, 0.5) is 4.39 Å². The van der Waals surface area contributed by atoms with Gasteiger partial charge in [-0.25, -0.2) is 13.8 Å². The fourth-order valence-corrected chi connectivity index (χ4v) is 4.40. The number of carbonyl (C=O) groups excluding carboxylic acids is 1. The van der Waals surface area contributed by atoms with Crippen LogP contribution in [0.1, 0.15) is 19.8 Å². The van der Waals surface area contributed by atoms with E-state index in [-0.39, 0.29) is 18.1 Å². The van der Waals surface area contributed by atoms with Crippen molar-refractivity contribution in [1.82, 2.24) is 14.0 Å². The summed E-state index contributed by atoms with van der Waals surface area (Å²) in [6.45, 7) is 3.31. The van der Waals surface area contributed by atoms with Gasteiger partial charge in [-0.3, -0.25) is 14.2 Å². The largest absolute Gasteiger partial charge is 0.341 e. The average Bonchev–Trinajstić information content (AvgIpc) is 3.17. The van der Waals surface area contributed by atoms with Gasteiger partial charge in [-0.1, -0.05) is 19.1 Å². The van der Waals surface area contributed by atoms with Crippen molar-refractivity contribution in [3.8, 4) is 5.69 Å². The van der Waals surface area contributed by atoms with Crippen LogP contribution in [0.15, 0.2) is 45.3 Å². The summed E-state index contributed by atoms with van der Waals surface area (Å²) in [6.07, 6.45) is 1.87. The summed E-state index contributed by atoms with van der Waals surface area (Å²) in [4.78, 5) is 40.5. The van der Waals surface area contributed by atoms with Crippen molar-refractivity contribution in [2.24, 2.45) is 5.92 Å². The smallest absolute Gasteiger partial charge is 0.336 e. The van der Waals surface area contributed by atoms with Gasteiger partial charge in [0.25, 0.3) is 5.56 Å². The van der Waals surface area contributed by atoms with E-state index >= 15 is 0 Å². The number of halogens is 1. The molecular formula is C20H20FN3O3S. The molecule has 1 saturated heterocycles. The molecule has 0 saturated carbocycles. The molecule has 6 nitrogen and oxygen atoms in total. The zero-order valence-corrected chi connectivity index (χ0v) is 16.2. The number of thiophene rings is 1. The number of para-hydroxylation sites is 1. The second-order valence-corrected chi connectivity index (χ2v) is 8.08. The summed E-state index contributed by atoms with van der Waals surface area (Å²) in [5.41, 5.74) is -0.984. The Morgan fingerprint density at radius 2 is 1.89 bits per heavy atom. The average molecular weight is 401 g/mol. The van der Waals surface area contributed by atoms with E-state index in [1.54, 1.807) is 22.4 Å². The molecule has 3 aromatic rings. The van der Waals surface area contributed by atoms with Gasteiger partial charge in [-0.05, 0) is 42.3 Å². The number of rotatable bonds is 3. The highest BCUT2D eigenvalue weighted by molar-refractivity contribution is 7.17. The van der Waals surface area contributed by atoms with Gasteiger partial charge in [-0.15, -0.1) is 11.3 Å². The van der Waals surface area contributed by atoms with Crippen molar-refractivity contribution in [3.05, 3.63) is 62.4 Å². The van der Waals surface area contributed by atoms with E-state index in [0.717, 1.165) is 17.4 Å². The monoisotopic (exact) mass is 401 g/mol. The lowest BCUT2D eigenvalue weighted by molar-refractivity contribution is -0.133. The number of fused-ring (bicyclic) bond motifs is 1. The highest BCUT2D eigenvalue weighted by atomic mass is 32.1. The Morgan fingerprint density at radius 3 is 2.61 bits per heavy atom. The van der Waals surface area contributed by atoms with Crippen molar-refractivity contribution in [2.45, 2.75) is 26.3 Å². The van der Waals surface area contributed by atoms with E-state index in [2.05, 4.69) is 6.92 Å². The van der Waals surface area contributed by atoms with Gasteiger partial charge in [0, 0.05) is 13.1 Å². The summed E-state index contributed by atoms with van der Waals surface area (Å²) < 4.78 is 16.7. The second-order valence-electron chi connectivity index (χ2n) is 7.16. The molecule has 0 aliphatic carbocycles. The van der Waals surface area contributed by atoms with Crippen molar-refractivity contribution in [2.75, 3.05) is 13.1 Å². The van der Waals surface area contributed by atoms with E-state index in [1.807, 2.05) is 0 Å². The van der Waals surface area contributed by atoms with Gasteiger partial charge in [0.1, 0.15) is 17.1 Å². The first-order valence-electron chi connectivity index (χ1n) is 9.23. The molecule has 1 amide bonds. The molecule has 0 bridgehead atoms. The first kappa shape index (κ1) is 18.6. The number of hydrogen-bond donors (Lipinski definition) is 0. The molecule has 0 spiro atoms. The van der Waals surface area contributed by atoms with Crippen molar-refractivity contribution < 1.29 is 9.18 Å². The summed E-state index contributed by atoms with van der Waals surface area (Å²) in [5.74, 6) is -0.251. The summed E-state index contributed by atoms with van der Waals surface area (Å²) in [5, 5.41) is 1.70. The van der Waals surface area contributed by atoms with Crippen molar-refractivity contribution >= 4 is 27.5 Å². The lowest BCUT2D eigenvalue weighted by Gasteiger charge is -2.30. The Morgan fingerprint density at radius 1 is 1.18 bits per heavy atom. The SMILES string of the molecule is CC1CCN(C(=O)Cn2c(=O)n(-c3ccccc3F)c(=O)c3sccc32)CC1. The minimum atomic E-state index is -0.709. The zero-order valence-electron chi connectivity index (χ0n) is 15.4. The number of likely N-dealkylation sites (tertiary alicyclic amines) is 1. The molecule has 1 fully saturated rings. The molecule has 146 valence electrons. The Balaban J connectivity index is 1.82. The number of aromatic nitrogens is 2. The molecule has 1 aliphatic heterocycles. The number of hydrogen-bond acceptors (Lipinski definition) is 4. The van der Waals surface area contributed by atoms with Gasteiger partial charge < -0.3 is 4.90 Å². The van der Waals surface area contributed by atoms with E-state index in [4.69, 9.17) is 0 Å². The van der Waals surface area contributed by atoms with E-state index in [0.29, 0.717) is 29.2 Å². The van der Waals surface area contributed by atoms with E-state index in [9.17, 15) is 18.8 Å². The standard InChI is InChI=1S/C20H20FN3O3S/c1-13-6-9-22(10-7-13)17(25)12-23-16-8-11-28-18(16)19(26)24(20(23)27)15-5-3-2-4-14(15)21/h2-5,8,11,13H,6-7,9-10,12H2,1H3. The molecule has 2 aromatic heterocycles. The molecule has 28 heavy (non-hydrogen) atoms. The van der Waals surface area contributed by atoms with Gasteiger partial charge in [-0.2, -0.15) is 0 Å². The lowest BCUT2D eigenvalue weighted by Crippen LogP contribution is -2.44. The van der Waals surface area contributed by atoms with Crippen LogP contribution in [0.25, 0.3) is 15.9 Å². The molecule has 0 unspecified atom stereocenters. The maximum atomic E-state index is 14.3. The van der Waals surface area contributed by atoms with Crippen LogP contribution in [0.2, 0.25) is 0 Å². The second kappa shape index (κ2) is 7.35. The Bertz CT molecular complexity index is 1160. The first-order chi connectivity index (χ1) is 13.5. The number of amides is 1. The third-order valence-corrected chi connectivity index (χ3v) is 6.17. The van der Waals surface area contributed by atoms with Gasteiger partial charge >= 0.3 is 5.69 Å². The molecule has 0 radical (unpaired) electrons. The maximum Gasteiger partial charge on any atom is 0.336 e. The highest BCUT2D eigenvalue weighted by Gasteiger charge is 2.23. The Labute approximate surface area is 164 Å². The van der Waals surface area contributed by atoms with Crippen molar-refractivity contribution in [3.63, 3.8) is 0 Å². The molecule has 4 rings (SSSR count). The van der Waals surface area contributed by atoms with E-state index in [1.165, 1.54) is 34.1 Å². The van der Waals surface area contributed by atoms with Crippen LogP contribution in [-0.2, 0) is 11.3 Å². The van der Waals surface area contributed by atoms with Gasteiger partial charge in [0.15, 0.2) is 0 Å². The predicted octanol–water partition coefficient (Wildman–Crippen LogP) is 2.61. The number of nitrogens with zero attached hydrogens (tertiary/aromatic N) is 3. The number of piperidine rings is 1. The normalized spacial score (nSPS) is 15.3. The topological polar surface area (TPSA) is 64.3 Å². The molecule has 8 heteroatoms. The predicted molar refractivity (Wildman–Crippen MR) is 107 cm³/mol. The molecule has 0 N–H and O–H groups in total. The summed E-state index contributed by atoms with van der Waals surface area (Å²) >= 11 is 1.17. The number of carbonyl (C=O) groups is 1. The minimum Gasteiger partial charge on any atom is -0.341 e. The summed E-state index contributed by atoms with van der Waals surface area (Å²) in [7, 11) is 0. The third-order valence-electron chi connectivity index (χ3n) is 5.28. The van der Waals surface area contributed by atoms with Crippen LogP contribution < -0.4 is 11.2 Å². The van der Waals surface area contributed by atoms with Crippen LogP contribution in [0.5, 0.6) is 0 Å². The quantitative estimate of drug-likeness (QED) is 0.678. The van der Waals surface area contributed by atoms with Crippen LogP contribution in [0, 0.1) is 11.7 Å². The molecule has 1 aliphatic rings. The third kappa shape index (κ3) is 3.17. The Kier molecular flexibility index (Phi) is 4.89. The van der Waals surface area contributed by atoms with Crippen LogP contribution in [0.3, 0.4) is 0 Å². The molecule has 1 aromatic carbocycles. The van der Waals surface area contributed by atoms with E-state index < -0.39 is 17.1 Å². The fraction of sp³-hybridized carbons (Fsp3) is 0.350. The molecular weight excluding hydrogens is 381 g/mol. The van der Waals surface area contributed by atoms with Crippen LogP contribution >= 0.6 is 11.3 Å². The minimum absolute atomic E-state index is 0.110. The van der Waals surface area contributed by atoms with Crippen LogP contribution in [-0.4, -0.2) is 33.0 Å². The highest BCUT2D eigenvalue weighted by Crippen LogP contribution is 2.19. The number of benzene rings is 1. The van der Waals surface area contributed by atoms with Gasteiger partial charge in [0.05, 0.1) is 11.2 Å². The van der Waals surface area contributed by atoms with Gasteiger partial charge in [0.2, 0.25) is 5.91 Å². The molecule has 0 atom stereocenters. The first-order valence-corrected chi connectivity index (χ1v) is 10.1. The maximum absolute atomic E-state index is 14.3. The molecule has 3 heterocycles. The Hall–Kier alpha value is -2.74. The lowest BCUT2D eigenvalue weighted by atomic mass is 9.99. The van der Waals surface area contributed by atoms with Crippen molar-refractivity contribution in [1.29, 1.82) is 0 Å². The zero-order chi connectivity index (χ0) is 19.8.